The molecule has 17 heavy (non-hydrogen) atoms. The Labute approximate surface area is 99.0 Å². The number of rotatable bonds is 3. The van der Waals surface area contributed by atoms with Crippen LogP contribution >= 0.6 is 0 Å². The molecule has 0 saturated heterocycles. The highest BCUT2D eigenvalue weighted by Gasteiger charge is 2.16. The van der Waals surface area contributed by atoms with Gasteiger partial charge in [-0.15, -0.1) is 3.89 Å². The molecule has 0 atom stereocenters. The van der Waals surface area contributed by atoms with E-state index >= 15 is 0 Å². The van der Waals surface area contributed by atoms with Crippen molar-refractivity contribution in [2.24, 2.45) is 0 Å². The van der Waals surface area contributed by atoms with Gasteiger partial charge in [0.15, 0.2) is 0 Å². The van der Waals surface area contributed by atoms with Gasteiger partial charge < -0.3 is 4.74 Å². The van der Waals surface area contributed by atoms with Gasteiger partial charge in [0.1, 0.15) is 11.5 Å². The van der Waals surface area contributed by atoms with Crippen LogP contribution in [0, 0.1) is 0 Å². The van der Waals surface area contributed by atoms with Gasteiger partial charge in [-0.3, -0.25) is 0 Å². The summed E-state index contributed by atoms with van der Waals surface area (Å²) in [5.74, 6) is -0.290. The quantitative estimate of drug-likeness (QED) is 0.791. The lowest BCUT2D eigenvalue weighted by Gasteiger charge is -2.10. The Morgan fingerprint density at radius 3 is 2.53 bits per heavy atom. The monoisotopic (exact) mass is 254 g/mol. The molecule has 0 aliphatic rings. The molecule has 2 aromatic rings. The largest absolute Gasteiger partial charge is 0.496 e. The Bertz CT molecular complexity index is 650. The average molecular weight is 254 g/mol. The molecule has 0 aliphatic heterocycles. The van der Waals surface area contributed by atoms with Gasteiger partial charge in [-0.25, -0.2) is 0 Å². The summed E-state index contributed by atoms with van der Waals surface area (Å²) in [6.45, 7) is 0. The van der Waals surface area contributed by atoms with Gasteiger partial charge in [0.2, 0.25) is 0 Å². The van der Waals surface area contributed by atoms with Crippen molar-refractivity contribution in [1.82, 2.24) is 0 Å². The van der Waals surface area contributed by atoms with E-state index in [1.165, 1.54) is 7.11 Å². The van der Waals surface area contributed by atoms with E-state index in [1.807, 2.05) is 18.2 Å². The van der Waals surface area contributed by atoms with Gasteiger partial charge in [-0.2, -0.15) is 8.42 Å². The first kappa shape index (κ1) is 11.9. The Morgan fingerprint density at radius 2 is 1.88 bits per heavy atom. The number of hydrogen-bond donors (Lipinski definition) is 0. The normalized spacial score (nSPS) is 11.6. The summed E-state index contributed by atoms with van der Waals surface area (Å²) in [4.78, 5) is 0. The molecule has 0 spiro atoms. The predicted molar refractivity (Wildman–Crippen MR) is 64.2 cm³/mol. The maximum atomic E-state index is 12.8. The van der Waals surface area contributed by atoms with Gasteiger partial charge in [0.05, 0.1) is 7.11 Å². The first-order chi connectivity index (χ1) is 8.01. The van der Waals surface area contributed by atoms with Crippen LogP contribution in [0.5, 0.6) is 5.75 Å². The molecule has 3 nitrogen and oxygen atoms in total. The van der Waals surface area contributed by atoms with E-state index in [0.29, 0.717) is 16.7 Å². The number of fused-ring (bicyclic) bond motifs is 1. The topological polar surface area (TPSA) is 43.4 Å². The van der Waals surface area contributed by atoms with Crippen molar-refractivity contribution in [3.63, 3.8) is 0 Å². The molecule has 0 heterocycles. The molecule has 0 radical (unpaired) electrons. The maximum absolute atomic E-state index is 12.8. The first-order valence-corrected chi connectivity index (χ1v) is 6.53. The highest BCUT2D eigenvalue weighted by molar-refractivity contribution is 7.85. The molecule has 0 bridgehead atoms. The van der Waals surface area contributed by atoms with E-state index < -0.39 is 16.0 Å². The minimum absolute atomic E-state index is 0.355. The second-order valence-electron chi connectivity index (χ2n) is 3.65. The van der Waals surface area contributed by atoms with Crippen LogP contribution in [0.2, 0.25) is 0 Å². The van der Waals surface area contributed by atoms with Crippen molar-refractivity contribution in [2.45, 2.75) is 5.75 Å². The molecule has 0 fully saturated rings. The lowest BCUT2D eigenvalue weighted by Crippen LogP contribution is -2.00. The smallest absolute Gasteiger partial charge is 0.306 e. The van der Waals surface area contributed by atoms with E-state index in [2.05, 4.69) is 0 Å². The Kier molecular flexibility index (Phi) is 3.02. The minimum Gasteiger partial charge on any atom is -0.496 e. The van der Waals surface area contributed by atoms with Gasteiger partial charge in [-0.1, -0.05) is 30.3 Å². The highest BCUT2D eigenvalue weighted by Crippen LogP contribution is 2.29. The minimum atomic E-state index is -4.58. The molecule has 0 amide bonds. The second kappa shape index (κ2) is 4.33. The number of methoxy groups -OCH3 is 1. The Hall–Kier alpha value is -1.62. The summed E-state index contributed by atoms with van der Waals surface area (Å²) in [5, 5.41) is 1.54. The standard InChI is InChI=1S/C12H11FO3S/c1-16-12-7-6-9-4-2-3-5-10(9)11(12)8-17(13,14)15/h2-7H,8H2,1H3. The lowest BCUT2D eigenvalue weighted by atomic mass is 10.0. The fourth-order valence-corrected chi connectivity index (χ4v) is 2.47. The molecule has 0 N–H and O–H groups in total. The molecule has 2 rings (SSSR count). The average Bonchev–Trinajstić information content (AvgIpc) is 2.28. The molecule has 2 aromatic carbocycles. The van der Waals surface area contributed by atoms with E-state index in [9.17, 15) is 12.3 Å². The number of ether oxygens (including phenoxy) is 1. The van der Waals surface area contributed by atoms with Crippen LogP contribution in [0.1, 0.15) is 5.56 Å². The summed E-state index contributed by atoms with van der Waals surface area (Å²) in [6, 6.07) is 10.6. The van der Waals surface area contributed by atoms with Crippen LogP contribution in [0.25, 0.3) is 10.8 Å². The lowest BCUT2D eigenvalue weighted by molar-refractivity contribution is 0.411. The zero-order valence-corrected chi connectivity index (χ0v) is 10.00. The van der Waals surface area contributed by atoms with Crippen molar-refractivity contribution < 1.29 is 17.0 Å². The van der Waals surface area contributed by atoms with Crippen LogP contribution in [0.3, 0.4) is 0 Å². The van der Waals surface area contributed by atoms with E-state index in [0.717, 1.165) is 5.39 Å². The van der Waals surface area contributed by atoms with Gasteiger partial charge >= 0.3 is 10.2 Å². The fraction of sp³-hybridized carbons (Fsp3) is 0.167. The second-order valence-corrected chi connectivity index (χ2v) is 5.02. The molecular weight excluding hydrogens is 243 g/mol. The third-order valence-corrected chi connectivity index (χ3v) is 3.17. The zero-order chi connectivity index (χ0) is 12.5. The molecule has 0 saturated carbocycles. The highest BCUT2D eigenvalue weighted by atomic mass is 32.3. The van der Waals surface area contributed by atoms with Gasteiger partial charge in [0, 0.05) is 5.56 Å². The summed E-state index contributed by atoms with van der Waals surface area (Å²) in [6.07, 6.45) is 0. The van der Waals surface area contributed by atoms with Crippen molar-refractivity contribution in [2.75, 3.05) is 7.11 Å². The van der Waals surface area contributed by atoms with Crippen LogP contribution < -0.4 is 4.74 Å². The third-order valence-electron chi connectivity index (χ3n) is 2.53. The van der Waals surface area contributed by atoms with E-state index in [1.54, 1.807) is 18.2 Å². The molecule has 5 heteroatoms. The maximum Gasteiger partial charge on any atom is 0.306 e. The SMILES string of the molecule is COc1ccc2ccccc2c1CS(=O)(=O)F. The van der Waals surface area contributed by atoms with Crippen LogP contribution in [-0.4, -0.2) is 15.5 Å². The molecular formula is C12H11FO3S. The predicted octanol–water partition coefficient (Wildman–Crippen LogP) is 2.65. The van der Waals surface area contributed by atoms with Crippen LogP contribution in [0.15, 0.2) is 36.4 Å². The Morgan fingerprint density at radius 1 is 1.18 bits per heavy atom. The summed E-state index contributed by atoms with van der Waals surface area (Å²) in [5.41, 5.74) is 0.355. The van der Waals surface area contributed by atoms with Gasteiger partial charge in [0.25, 0.3) is 0 Å². The number of benzene rings is 2. The zero-order valence-electron chi connectivity index (χ0n) is 9.18. The molecule has 0 aliphatic carbocycles. The van der Waals surface area contributed by atoms with E-state index in [-0.39, 0.29) is 0 Å². The van der Waals surface area contributed by atoms with Crippen LogP contribution in [-0.2, 0) is 16.0 Å². The van der Waals surface area contributed by atoms with Crippen molar-refractivity contribution in [3.8, 4) is 5.75 Å². The summed E-state index contributed by atoms with van der Waals surface area (Å²) in [7, 11) is -3.15. The van der Waals surface area contributed by atoms with E-state index in [4.69, 9.17) is 4.74 Å². The Balaban J connectivity index is 2.71. The summed E-state index contributed by atoms with van der Waals surface area (Å²) >= 11 is 0. The fourth-order valence-electron chi connectivity index (χ4n) is 1.83. The number of hydrogen-bond acceptors (Lipinski definition) is 3. The van der Waals surface area contributed by atoms with Crippen molar-refractivity contribution in [3.05, 3.63) is 42.0 Å². The van der Waals surface area contributed by atoms with Gasteiger partial charge in [-0.05, 0) is 16.8 Å². The molecule has 0 aromatic heterocycles. The summed E-state index contributed by atoms with van der Waals surface area (Å²) < 4.78 is 39.5. The van der Waals surface area contributed by atoms with Crippen molar-refractivity contribution in [1.29, 1.82) is 0 Å². The van der Waals surface area contributed by atoms with Crippen molar-refractivity contribution >= 4 is 21.0 Å². The van der Waals surface area contributed by atoms with Crippen LogP contribution in [0.4, 0.5) is 3.89 Å². The molecule has 90 valence electrons. The molecule has 0 unspecified atom stereocenters. The number of halogens is 1. The first-order valence-electron chi connectivity index (χ1n) is 4.98. The third kappa shape index (κ3) is 2.55.